The molecule has 0 radical (unpaired) electrons. The summed E-state index contributed by atoms with van der Waals surface area (Å²) in [4.78, 5) is 29.7. The van der Waals surface area contributed by atoms with E-state index in [4.69, 9.17) is 4.74 Å². The molecular formula is C20H30N4O4. The van der Waals surface area contributed by atoms with Crippen molar-refractivity contribution in [2.24, 2.45) is 0 Å². The lowest BCUT2D eigenvalue weighted by Gasteiger charge is -2.51. The van der Waals surface area contributed by atoms with Crippen LogP contribution in [-0.4, -0.2) is 70.3 Å². The topological polar surface area (TPSA) is 104 Å². The molecule has 0 unspecified atom stereocenters. The van der Waals surface area contributed by atoms with Crippen LogP contribution in [0.3, 0.4) is 0 Å². The minimum absolute atomic E-state index is 0.102. The first-order valence-electron chi connectivity index (χ1n) is 9.80. The summed E-state index contributed by atoms with van der Waals surface area (Å²) in [5, 5.41) is 16.2. The molecule has 1 aromatic rings. The van der Waals surface area contributed by atoms with E-state index in [1.165, 1.54) is 6.92 Å². The number of ether oxygens (including phenoxy) is 1. The highest BCUT2D eigenvalue weighted by Crippen LogP contribution is 2.39. The Morgan fingerprint density at radius 1 is 1.36 bits per heavy atom. The predicted octanol–water partition coefficient (Wildman–Crippen LogP) is 0.208. The van der Waals surface area contributed by atoms with Crippen molar-refractivity contribution in [1.29, 1.82) is 0 Å². The highest BCUT2D eigenvalue weighted by Gasteiger charge is 2.49. The summed E-state index contributed by atoms with van der Waals surface area (Å²) in [5.74, 6) is -0.594. The Labute approximate surface area is 165 Å². The average molecular weight is 390 g/mol. The first kappa shape index (κ1) is 20.7. The lowest BCUT2D eigenvalue weighted by Crippen LogP contribution is -2.64. The molecule has 2 amide bonds. The van der Waals surface area contributed by atoms with E-state index in [2.05, 4.69) is 20.5 Å². The molecule has 0 aromatic carbocycles. The Balaban J connectivity index is 1.51. The van der Waals surface area contributed by atoms with Crippen LogP contribution < -0.4 is 10.6 Å². The molecule has 2 saturated heterocycles. The second-order valence-electron chi connectivity index (χ2n) is 8.16. The van der Waals surface area contributed by atoms with Gasteiger partial charge < -0.3 is 20.5 Å². The number of carbonyl (C=O) groups excluding carboxylic acids is 2. The second kappa shape index (κ2) is 8.55. The molecule has 1 aromatic heterocycles. The number of likely N-dealkylation sites (tertiary alicyclic amines) is 1. The third-order valence-corrected chi connectivity index (χ3v) is 5.70. The Morgan fingerprint density at radius 2 is 2.11 bits per heavy atom. The van der Waals surface area contributed by atoms with Crippen molar-refractivity contribution in [2.75, 3.05) is 26.2 Å². The summed E-state index contributed by atoms with van der Waals surface area (Å²) in [6, 6.07) is 5.44. The van der Waals surface area contributed by atoms with Crippen LogP contribution in [0.4, 0.5) is 0 Å². The van der Waals surface area contributed by atoms with Crippen molar-refractivity contribution >= 4 is 11.8 Å². The van der Waals surface area contributed by atoms with E-state index >= 15 is 0 Å². The Bertz CT molecular complexity index is 687. The zero-order chi connectivity index (χ0) is 20.2. The van der Waals surface area contributed by atoms with Gasteiger partial charge in [-0.05, 0) is 31.9 Å². The monoisotopic (exact) mass is 390 g/mol. The zero-order valence-corrected chi connectivity index (χ0v) is 16.6. The number of aromatic nitrogens is 1. The van der Waals surface area contributed by atoms with Gasteiger partial charge in [0.25, 0.3) is 0 Å². The van der Waals surface area contributed by atoms with Crippen LogP contribution in [0.25, 0.3) is 0 Å². The molecule has 3 heterocycles. The third kappa shape index (κ3) is 5.27. The van der Waals surface area contributed by atoms with Crippen LogP contribution in [0.15, 0.2) is 24.4 Å². The normalized spacial score (nSPS) is 27.3. The highest BCUT2D eigenvalue weighted by atomic mass is 16.5. The SMILES string of the molecule is CC(=O)NCC(=O)N[C@H]1COC2(CCN(Cc3ccccn3)CC2)C[C@]1(C)O. The van der Waals surface area contributed by atoms with Gasteiger partial charge in [-0.2, -0.15) is 0 Å². The zero-order valence-electron chi connectivity index (χ0n) is 16.6. The molecule has 0 aliphatic carbocycles. The standard InChI is InChI=1S/C20H30N4O4/c1-15(25)22-11-18(26)23-17-13-28-20(14-19(17,2)27)6-9-24(10-7-20)12-16-5-3-4-8-21-16/h3-5,8,17,27H,6-7,9-14H2,1-2H3,(H,22,25)(H,23,26)/t17-,19-/m0/s1. The van der Waals surface area contributed by atoms with E-state index in [1.807, 2.05) is 24.4 Å². The molecule has 2 aliphatic heterocycles. The number of nitrogens with one attached hydrogen (secondary N) is 2. The van der Waals surface area contributed by atoms with Crippen molar-refractivity contribution in [3.05, 3.63) is 30.1 Å². The van der Waals surface area contributed by atoms with Gasteiger partial charge in [-0.25, -0.2) is 0 Å². The molecule has 2 aliphatic rings. The maximum atomic E-state index is 12.0. The van der Waals surface area contributed by atoms with Gasteiger partial charge in [-0.3, -0.25) is 19.5 Å². The largest absolute Gasteiger partial charge is 0.388 e. The first-order chi connectivity index (χ1) is 13.3. The molecule has 3 rings (SSSR count). The van der Waals surface area contributed by atoms with Gasteiger partial charge >= 0.3 is 0 Å². The van der Waals surface area contributed by atoms with Crippen LogP contribution in [0.5, 0.6) is 0 Å². The van der Waals surface area contributed by atoms with Crippen molar-refractivity contribution in [2.45, 2.75) is 56.9 Å². The second-order valence-corrected chi connectivity index (χ2v) is 8.16. The number of aliphatic hydroxyl groups is 1. The average Bonchev–Trinajstić information content (AvgIpc) is 2.65. The van der Waals surface area contributed by atoms with E-state index < -0.39 is 11.6 Å². The molecule has 28 heavy (non-hydrogen) atoms. The molecule has 3 N–H and O–H groups in total. The van der Waals surface area contributed by atoms with E-state index in [1.54, 1.807) is 6.92 Å². The van der Waals surface area contributed by atoms with Crippen molar-refractivity contribution in [1.82, 2.24) is 20.5 Å². The van der Waals surface area contributed by atoms with Gasteiger partial charge in [0.1, 0.15) is 0 Å². The molecule has 0 bridgehead atoms. The minimum Gasteiger partial charge on any atom is -0.388 e. The third-order valence-electron chi connectivity index (χ3n) is 5.70. The minimum atomic E-state index is -1.06. The van der Waals surface area contributed by atoms with Crippen molar-refractivity contribution < 1.29 is 19.4 Å². The van der Waals surface area contributed by atoms with Crippen LogP contribution in [0, 0.1) is 0 Å². The summed E-state index contributed by atoms with van der Waals surface area (Å²) < 4.78 is 6.18. The van der Waals surface area contributed by atoms with E-state index in [0.717, 1.165) is 38.2 Å². The van der Waals surface area contributed by atoms with Gasteiger partial charge in [0, 0.05) is 39.2 Å². The van der Waals surface area contributed by atoms with Crippen LogP contribution in [0.2, 0.25) is 0 Å². The molecule has 2 fully saturated rings. The number of nitrogens with zero attached hydrogens (tertiary/aromatic N) is 2. The molecule has 8 nitrogen and oxygen atoms in total. The summed E-state index contributed by atoms with van der Waals surface area (Å²) in [5.41, 5.74) is -0.368. The summed E-state index contributed by atoms with van der Waals surface area (Å²) in [7, 11) is 0. The molecule has 1 spiro atoms. The predicted molar refractivity (Wildman–Crippen MR) is 103 cm³/mol. The fourth-order valence-corrected chi connectivity index (χ4v) is 4.07. The summed E-state index contributed by atoms with van der Waals surface area (Å²) in [6.45, 7) is 5.85. The van der Waals surface area contributed by atoms with Gasteiger partial charge in [0.15, 0.2) is 0 Å². The number of carbonyl (C=O) groups is 2. The quantitative estimate of drug-likeness (QED) is 0.664. The number of piperidine rings is 1. The van der Waals surface area contributed by atoms with Gasteiger partial charge in [-0.15, -0.1) is 0 Å². The number of amides is 2. The number of hydrogen-bond acceptors (Lipinski definition) is 6. The molecule has 8 heteroatoms. The lowest BCUT2D eigenvalue weighted by atomic mass is 9.75. The summed E-state index contributed by atoms with van der Waals surface area (Å²) >= 11 is 0. The van der Waals surface area contributed by atoms with E-state index in [0.29, 0.717) is 6.42 Å². The number of pyridine rings is 1. The molecule has 154 valence electrons. The fraction of sp³-hybridized carbons (Fsp3) is 0.650. The van der Waals surface area contributed by atoms with Gasteiger partial charge in [0.2, 0.25) is 11.8 Å². The number of hydrogen-bond donors (Lipinski definition) is 3. The maximum Gasteiger partial charge on any atom is 0.239 e. The Morgan fingerprint density at radius 3 is 2.71 bits per heavy atom. The Kier molecular flexibility index (Phi) is 6.32. The first-order valence-corrected chi connectivity index (χ1v) is 9.80. The van der Waals surface area contributed by atoms with E-state index in [9.17, 15) is 14.7 Å². The molecular weight excluding hydrogens is 360 g/mol. The van der Waals surface area contributed by atoms with Crippen LogP contribution >= 0.6 is 0 Å². The number of rotatable bonds is 5. The molecule has 2 atom stereocenters. The lowest BCUT2D eigenvalue weighted by molar-refractivity contribution is -0.189. The van der Waals surface area contributed by atoms with Crippen molar-refractivity contribution in [3.8, 4) is 0 Å². The van der Waals surface area contributed by atoms with Gasteiger partial charge in [-0.1, -0.05) is 6.07 Å². The van der Waals surface area contributed by atoms with E-state index in [-0.39, 0.29) is 30.6 Å². The maximum absolute atomic E-state index is 12.0. The summed E-state index contributed by atoms with van der Waals surface area (Å²) in [6.07, 6.45) is 3.95. The smallest absolute Gasteiger partial charge is 0.239 e. The van der Waals surface area contributed by atoms with Crippen molar-refractivity contribution in [3.63, 3.8) is 0 Å². The fourth-order valence-electron chi connectivity index (χ4n) is 4.07. The van der Waals surface area contributed by atoms with Gasteiger partial charge in [0.05, 0.1) is 36.1 Å². The Hall–Kier alpha value is -2.03. The highest BCUT2D eigenvalue weighted by molar-refractivity contribution is 5.83. The van der Waals surface area contributed by atoms with Crippen LogP contribution in [0.1, 0.15) is 38.8 Å². The van der Waals surface area contributed by atoms with Crippen LogP contribution in [-0.2, 0) is 20.9 Å². The molecule has 0 saturated carbocycles.